The third-order valence-electron chi connectivity index (χ3n) is 3.80. The molecule has 1 aromatic heterocycles. The average molecular weight is 272 g/mol. The lowest BCUT2D eigenvalue weighted by atomic mass is 10.2. The molecule has 1 heterocycles. The second kappa shape index (κ2) is 4.67. The summed E-state index contributed by atoms with van der Waals surface area (Å²) in [5.41, 5.74) is 0.0928. The molecule has 2 N–H and O–H groups in total. The lowest BCUT2D eigenvalue weighted by Gasteiger charge is -2.12. The predicted molar refractivity (Wildman–Crippen MR) is 74.3 cm³/mol. The van der Waals surface area contributed by atoms with Gasteiger partial charge in [-0.25, -0.2) is 4.79 Å². The number of hydrogen-bond acceptors (Lipinski definition) is 2. The van der Waals surface area contributed by atoms with E-state index in [9.17, 15) is 9.59 Å². The van der Waals surface area contributed by atoms with Gasteiger partial charge in [0.25, 0.3) is 0 Å². The number of carboxylic acids is 1. The molecule has 104 valence electrons. The van der Waals surface area contributed by atoms with Crippen molar-refractivity contribution < 1.29 is 14.7 Å². The van der Waals surface area contributed by atoms with Crippen molar-refractivity contribution in [3.63, 3.8) is 0 Å². The first kappa shape index (κ1) is 12.7. The highest BCUT2D eigenvalue weighted by atomic mass is 16.4. The van der Waals surface area contributed by atoms with Gasteiger partial charge in [0.05, 0.1) is 0 Å². The van der Waals surface area contributed by atoms with E-state index in [0.717, 1.165) is 10.9 Å². The van der Waals surface area contributed by atoms with Crippen LogP contribution in [0.25, 0.3) is 10.9 Å². The number of benzene rings is 1. The average Bonchev–Trinajstić information content (AvgIpc) is 3.10. The van der Waals surface area contributed by atoms with Crippen molar-refractivity contribution in [3.8, 4) is 0 Å². The fraction of sp³-hybridized carbons (Fsp3) is 0.333. The van der Waals surface area contributed by atoms with Gasteiger partial charge in [0.2, 0.25) is 5.91 Å². The van der Waals surface area contributed by atoms with Gasteiger partial charge in [0, 0.05) is 24.7 Å². The van der Waals surface area contributed by atoms with E-state index in [1.807, 2.05) is 41.1 Å². The van der Waals surface area contributed by atoms with Crippen LogP contribution in [0.2, 0.25) is 0 Å². The van der Waals surface area contributed by atoms with Gasteiger partial charge >= 0.3 is 5.97 Å². The van der Waals surface area contributed by atoms with Crippen molar-refractivity contribution in [2.75, 3.05) is 0 Å². The van der Waals surface area contributed by atoms with Gasteiger partial charge in [0.1, 0.15) is 5.54 Å². The van der Waals surface area contributed by atoms with Crippen molar-refractivity contribution in [2.24, 2.45) is 0 Å². The number of nitrogens with zero attached hydrogens (tertiary/aromatic N) is 1. The summed E-state index contributed by atoms with van der Waals surface area (Å²) in [5, 5.41) is 12.8. The normalized spacial score (nSPS) is 16.0. The van der Waals surface area contributed by atoms with Crippen LogP contribution in [0.5, 0.6) is 0 Å². The van der Waals surface area contributed by atoms with Crippen molar-refractivity contribution >= 4 is 22.8 Å². The maximum atomic E-state index is 11.8. The van der Waals surface area contributed by atoms with E-state index in [1.165, 1.54) is 0 Å². The molecule has 0 saturated heterocycles. The van der Waals surface area contributed by atoms with Gasteiger partial charge < -0.3 is 15.0 Å². The highest BCUT2D eigenvalue weighted by molar-refractivity contribution is 5.89. The molecule has 3 rings (SSSR count). The van der Waals surface area contributed by atoms with E-state index in [-0.39, 0.29) is 12.3 Å². The van der Waals surface area contributed by atoms with Gasteiger partial charge in [-0.15, -0.1) is 0 Å². The summed E-state index contributed by atoms with van der Waals surface area (Å²) < 4.78 is 2.01. The molecular formula is C15H16N2O3. The maximum absolute atomic E-state index is 11.8. The number of fused-ring (bicyclic) bond motifs is 1. The van der Waals surface area contributed by atoms with E-state index < -0.39 is 11.5 Å². The zero-order chi connectivity index (χ0) is 14.2. The predicted octanol–water partition coefficient (Wildman–Crippen LogP) is 1.76. The quantitative estimate of drug-likeness (QED) is 0.871. The summed E-state index contributed by atoms with van der Waals surface area (Å²) in [7, 11) is 0. The second-order valence-corrected chi connectivity index (χ2v) is 5.25. The Balaban J connectivity index is 1.62. The fourth-order valence-corrected chi connectivity index (χ4v) is 2.40. The van der Waals surface area contributed by atoms with Gasteiger partial charge in [-0.3, -0.25) is 4.79 Å². The number of hydrogen-bond donors (Lipinski definition) is 2. The number of carbonyl (C=O) groups is 2. The standard InChI is InChI=1S/C15H16N2O3/c18-13(16-15(7-8-15)14(19)20)6-10-17-9-5-11-3-1-2-4-12(11)17/h1-5,9H,6-8,10H2,(H,16,18)(H,19,20). The number of carbonyl (C=O) groups excluding carboxylic acids is 1. The Bertz CT molecular complexity index is 671. The topological polar surface area (TPSA) is 71.3 Å². The minimum absolute atomic E-state index is 0.206. The van der Waals surface area contributed by atoms with Crippen LogP contribution in [0.3, 0.4) is 0 Å². The van der Waals surface area contributed by atoms with E-state index in [4.69, 9.17) is 5.11 Å². The molecule has 0 radical (unpaired) electrons. The molecule has 2 aromatic rings. The summed E-state index contributed by atoms with van der Waals surface area (Å²) >= 11 is 0. The Morgan fingerprint density at radius 3 is 2.70 bits per heavy atom. The summed E-state index contributed by atoms with van der Waals surface area (Å²) in [6.45, 7) is 0.551. The lowest BCUT2D eigenvalue weighted by Crippen LogP contribution is -2.43. The van der Waals surface area contributed by atoms with Crippen LogP contribution >= 0.6 is 0 Å². The molecule has 20 heavy (non-hydrogen) atoms. The number of carboxylic acid groups (broad SMARTS) is 1. The first-order valence-corrected chi connectivity index (χ1v) is 6.69. The van der Waals surface area contributed by atoms with Crippen molar-refractivity contribution in [1.82, 2.24) is 9.88 Å². The monoisotopic (exact) mass is 272 g/mol. The molecule has 1 aromatic carbocycles. The smallest absolute Gasteiger partial charge is 0.329 e. The molecule has 5 nitrogen and oxygen atoms in total. The SMILES string of the molecule is O=C(CCn1ccc2ccccc21)NC1(C(=O)O)CC1. The summed E-state index contributed by atoms with van der Waals surface area (Å²) in [4.78, 5) is 22.9. The number of nitrogens with one attached hydrogen (secondary N) is 1. The summed E-state index contributed by atoms with van der Waals surface area (Å²) in [5.74, 6) is -1.14. The molecule has 1 saturated carbocycles. The maximum Gasteiger partial charge on any atom is 0.329 e. The van der Waals surface area contributed by atoms with Gasteiger partial charge in [-0.1, -0.05) is 18.2 Å². The van der Waals surface area contributed by atoms with Crippen molar-refractivity contribution in [3.05, 3.63) is 36.5 Å². The minimum atomic E-state index is -0.990. The molecule has 0 spiro atoms. The van der Waals surface area contributed by atoms with Crippen LogP contribution < -0.4 is 5.32 Å². The van der Waals surface area contributed by atoms with Crippen LogP contribution in [0, 0.1) is 0 Å². The Labute approximate surface area is 116 Å². The number of amides is 1. The zero-order valence-corrected chi connectivity index (χ0v) is 11.0. The van der Waals surface area contributed by atoms with Crippen molar-refractivity contribution in [1.29, 1.82) is 0 Å². The minimum Gasteiger partial charge on any atom is -0.480 e. The number of aryl methyl sites for hydroxylation is 1. The van der Waals surface area contributed by atoms with Crippen LogP contribution in [-0.4, -0.2) is 27.1 Å². The Kier molecular flexibility index (Phi) is 2.97. The molecule has 1 amide bonds. The third-order valence-corrected chi connectivity index (χ3v) is 3.80. The molecule has 1 fully saturated rings. The van der Waals surface area contributed by atoms with Crippen LogP contribution in [0.15, 0.2) is 36.5 Å². The van der Waals surface area contributed by atoms with Gasteiger partial charge in [0.15, 0.2) is 0 Å². The number of para-hydroxylation sites is 1. The van der Waals surface area contributed by atoms with E-state index in [2.05, 4.69) is 5.32 Å². The highest BCUT2D eigenvalue weighted by Crippen LogP contribution is 2.35. The molecule has 1 aliphatic rings. The summed E-state index contributed by atoms with van der Waals surface area (Å²) in [6.07, 6.45) is 3.29. The number of rotatable bonds is 5. The first-order chi connectivity index (χ1) is 9.61. The molecule has 0 unspecified atom stereocenters. The number of aliphatic carboxylic acids is 1. The zero-order valence-electron chi connectivity index (χ0n) is 11.0. The van der Waals surface area contributed by atoms with E-state index in [1.54, 1.807) is 0 Å². The van der Waals surface area contributed by atoms with E-state index in [0.29, 0.717) is 19.4 Å². The molecule has 5 heteroatoms. The molecule has 1 aliphatic carbocycles. The second-order valence-electron chi connectivity index (χ2n) is 5.25. The van der Waals surface area contributed by atoms with Crippen LogP contribution in [0.1, 0.15) is 19.3 Å². The van der Waals surface area contributed by atoms with E-state index >= 15 is 0 Å². The molecule has 0 aliphatic heterocycles. The van der Waals surface area contributed by atoms with Gasteiger partial charge in [-0.2, -0.15) is 0 Å². The third kappa shape index (κ3) is 2.27. The Morgan fingerprint density at radius 1 is 1.25 bits per heavy atom. The fourth-order valence-electron chi connectivity index (χ4n) is 2.40. The molecule has 0 atom stereocenters. The van der Waals surface area contributed by atoms with Crippen LogP contribution in [-0.2, 0) is 16.1 Å². The van der Waals surface area contributed by atoms with Crippen LogP contribution in [0.4, 0.5) is 0 Å². The first-order valence-electron chi connectivity index (χ1n) is 6.69. The van der Waals surface area contributed by atoms with Crippen molar-refractivity contribution in [2.45, 2.75) is 31.3 Å². The van der Waals surface area contributed by atoms with Gasteiger partial charge in [-0.05, 0) is 30.4 Å². The highest BCUT2D eigenvalue weighted by Gasteiger charge is 2.51. The summed E-state index contributed by atoms with van der Waals surface area (Å²) in [6, 6.07) is 9.97. The number of aromatic nitrogens is 1. The largest absolute Gasteiger partial charge is 0.480 e. The molecule has 0 bridgehead atoms. The Hall–Kier alpha value is -2.30. The molecular weight excluding hydrogens is 256 g/mol. The Morgan fingerprint density at radius 2 is 2.00 bits per heavy atom. The lowest BCUT2D eigenvalue weighted by molar-refractivity contribution is -0.143.